The first-order valence-electron chi connectivity index (χ1n) is 9.73. The third kappa shape index (κ3) is 4.81. The Balaban J connectivity index is 1.77. The van der Waals surface area contributed by atoms with Crippen molar-refractivity contribution in [3.63, 3.8) is 0 Å². The lowest BCUT2D eigenvalue weighted by atomic mass is 9.98. The number of aryl methyl sites for hydroxylation is 1. The van der Waals surface area contributed by atoms with Crippen molar-refractivity contribution >= 4 is 22.2 Å². The minimum absolute atomic E-state index is 0.0310. The van der Waals surface area contributed by atoms with Crippen LogP contribution in [0.2, 0.25) is 0 Å². The summed E-state index contributed by atoms with van der Waals surface area (Å²) in [5.41, 5.74) is 1.09. The summed E-state index contributed by atoms with van der Waals surface area (Å²) in [5.74, 6) is 2.35. The van der Waals surface area contributed by atoms with Crippen LogP contribution < -0.4 is 9.47 Å². The van der Waals surface area contributed by atoms with Crippen LogP contribution in [0.1, 0.15) is 37.1 Å². The number of sulfonamides is 1. The second kappa shape index (κ2) is 9.27. The molecule has 1 aliphatic rings. The van der Waals surface area contributed by atoms with E-state index in [0.717, 1.165) is 30.7 Å². The summed E-state index contributed by atoms with van der Waals surface area (Å²) in [7, 11) is 0.0246. The lowest BCUT2D eigenvalue weighted by molar-refractivity contribution is 0.304. The summed E-state index contributed by atoms with van der Waals surface area (Å²) in [5, 5.41) is 7.32. The topological polar surface area (TPSA) is 89.5 Å². The monoisotopic (exact) mass is 440 g/mol. The van der Waals surface area contributed by atoms with Gasteiger partial charge in [0, 0.05) is 25.6 Å². The Hall–Kier alpha value is -1.91. The maximum atomic E-state index is 12.3. The number of H-pyrrole nitrogens is 1. The third-order valence-corrected chi connectivity index (χ3v) is 7.53. The molecule has 0 radical (unpaired) electrons. The van der Waals surface area contributed by atoms with Crippen LogP contribution in [0.3, 0.4) is 0 Å². The molecular weight excluding hydrogens is 412 g/mol. The second-order valence-electron chi connectivity index (χ2n) is 7.08. The highest BCUT2D eigenvalue weighted by atomic mass is 32.2. The second-order valence-corrected chi connectivity index (χ2v) is 9.72. The maximum absolute atomic E-state index is 12.3. The Bertz CT molecular complexity index is 1000. The minimum atomic E-state index is -3.20. The number of piperidine rings is 1. The molecule has 160 valence electrons. The summed E-state index contributed by atoms with van der Waals surface area (Å²) in [6.45, 7) is 3.35. The number of hydrogen-bond donors (Lipinski definition) is 1. The first-order chi connectivity index (χ1) is 13.9. The lowest BCUT2D eigenvalue weighted by Gasteiger charge is -2.31. The van der Waals surface area contributed by atoms with Gasteiger partial charge in [0.15, 0.2) is 16.3 Å². The van der Waals surface area contributed by atoms with Gasteiger partial charge in [-0.2, -0.15) is 5.10 Å². The highest BCUT2D eigenvalue weighted by molar-refractivity contribution is 7.89. The number of aromatic amines is 1. The molecule has 2 heterocycles. The van der Waals surface area contributed by atoms with Crippen LogP contribution >= 0.6 is 12.2 Å². The average molecular weight is 441 g/mol. The van der Waals surface area contributed by atoms with Crippen LogP contribution in [0.5, 0.6) is 11.5 Å². The van der Waals surface area contributed by atoms with E-state index in [1.807, 2.05) is 22.8 Å². The van der Waals surface area contributed by atoms with E-state index in [0.29, 0.717) is 35.9 Å². The number of benzene rings is 1. The molecule has 1 aromatic carbocycles. The molecule has 2 aromatic rings. The highest BCUT2D eigenvalue weighted by Crippen LogP contribution is 2.29. The molecule has 0 spiro atoms. The Morgan fingerprint density at radius 1 is 1.28 bits per heavy atom. The van der Waals surface area contributed by atoms with Crippen molar-refractivity contribution < 1.29 is 17.9 Å². The summed E-state index contributed by atoms with van der Waals surface area (Å²) < 4.78 is 39.4. The molecule has 0 saturated carbocycles. The van der Waals surface area contributed by atoms with E-state index in [1.54, 1.807) is 25.4 Å². The van der Waals surface area contributed by atoms with Gasteiger partial charge in [-0.25, -0.2) is 12.7 Å². The summed E-state index contributed by atoms with van der Waals surface area (Å²) in [4.78, 5) is 0. The minimum Gasteiger partial charge on any atom is -0.493 e. The fourth-order valence-electron chi connectivity index (χ4n) is 3.72. The molecule has 1 atom stereocenters. The maximum Gasteiger partial charge on any atom is 0.213 e. The van der Waals surface area contributed by atoms with Gasteiger partial charge in [-0.1, -0.05) is 6.07 Å². The van der Waals surface area contributed by atoms with E-state index in [2.05, 4.69) is 10.2 Å². The zero-order valence-corrected chi connectivity index (χ0v) is 18.7. The molecule has 0 amide bonds. The first-order valence-corrected chi connectivity index (χ1v) is 11.7. The molecule has 1 aromatic heterocycles. The molecule has 1 N–H and O–H groups in total. The van der Waals surface area contributed by atoms with Crippen molar-refractivity contribution in [1.82, 2.24) is 19.1 Å². The molecule has 1 unspecified atom stereocenters. The van der Waals surface area contributed by atoms with Crippen LogP contribution in [0.4, 0.5) is 0 Å². The molecule has 8 nitrogen and oxygen atoms in total. The predicted molar refractivity (Wildman–Crippen MR) is 114 cm³/mol. The first kappa shape index (κ1) is 21.8. The van der Waals surface area contributed by atoms with E-state index in [-0.39, 0.29) is 11.7 Å². The molecule has 1 fully saturated rings. The van der Waals surface area contributed by atoms with Crippen LogP contribution in [0.25, 0.3) is 0 Å². The third-order valence-electron chi connectivity index (χ3n) is 5.37. The van der Waals surface area contributed by atoms with Crippen molar-refractivity contribution in [2.75, 3.05) is 33.1 Å². The zero-order chi connectivity index (χ0) is 21.0. The van der Waals surface area contributed by atoms with Crippen LogP contribution in [0.15, 0.2) is 18.2 Å². The van der Waals surface area contributed by atoms with Gasteiger partial charge >= 0.3 is 0 Å². The zero-order valence-electron chi connectivity index (χ0n) is 17.1. The van der Waals surface area contributed by atoms with E-state index in [9.17, 15) is 8.42 Å². The van der Waals surface area contributed by atoms with Gasteiger partial charge in [0.1, 0.15) is 5.82 Å². The predicted octanol–water partition coefficient (Wildman–Crippen LogP) is 2.73. The van der Waals surface area contributed by atoms with Crippen LogP contribution in [-0.4, -0.2) is 60.5 Å². The Labute approximate surface area is 176 Å². The van der Waals surface area contributed by atoms with Gasteiger partial charge in [0.05, 0.1) is 20.0 Å². The number of nitrogens with zero attached hydrogens (tertiary/aromatic N) is 3. The number of hydrogen-bond acceptors (Lipinski definition) is 6. The molecular formula is C19H28N4O4S2. The summed E-state index contributed by atoms with van der Waals surface area (Å²) in [6.07, 6.45) is 2.45. The fraction of sp³-hybridized carbons (Fsp3) is 0.579. The Morgan fingerprint density at radius 3 is 2.72 bits per heavy atom. The number of methoxy groups -OCH3 is 2. The molecule has 0 aliphatic carbocycles. The smallest absolute Gasteiger partial charge is 0.213 e. The number of ether oxygens (including phenoxy) is 2. The van der Waals surface area contributed by atoms with Crippen molar-refractivity contribution in [2.24, 2.45) is 0 Å². The van der Waals surface area contributed by atoms with Gasteiger partial charge in [-0.15, -0.1) is 0 Å². The van der Waals surface area contributed by atoms with E-state index in [1.165, 1.54) is 0 Å². The van der Waals surface area contributed by atoms with Crippen molar-refractivity contribution in [2.45, 2.75) is 38.6 Å². The van der Waals surface area contributed by atoms with Crippen molar-refractivity contribution in [3.8, 4) is 11.5 Å². The quantitative estimate of drug-likeness (QED) is 0.635. The van der Waals surface area contributed by atoms with Crippen molar-refractivity contribution in [3.05, 3.63) is 34.4 Å². The molecule has 10 heteroatoms. The average Bonchev–Trinajstić information content (AvgIpc) is 3.12. The van der Waals surface area contributed by atoms with Crippen LogP contribution in [0, 0.1) is 4.77 Å². The summed E-state index contributed by atoms with van der Waals surface area (Å²) >= 11 is 5.44. The summed E-state index contributed by atoms with van der Waals surface area (Å²) in [6, 6.07) is 5.84. The van der Waals surface area contributed by atoms with E-state index < -0.39 is 10.0 Å². The fourth-order valence-corrected chi connectivity index (χ4v) is 5.13. The lowest BCUT2D eigenvalue weighted by Crippen LogP contribution is -2.40. The highest BCUT2D eigenvalue weighted by Gasteiger charge is 2.31. The molecule has 0 bridgehead atoms. The van der Waals surface area contributed by atoms with Crippen molar-refractivity contribution in [1.29, 1.82) is 0 Å². The number of aromatic nitrogens is 3. The number of nitrogens with one attached hydrogen (secondary N) is 1. The molecule has 29 heavy (non-hydrogen) atoms. The van der Waals surface area contributed by atoms with Gasteiger partial charge in [0.2, 0.25) is 10.0 Å². The van der Waals surface area contributed by atoms with Crippen LogP contribution in [-0.2, 0) is 23.0 Å². The van der Waals surface area contributed by atoms with Gasteiger partial charge in [0.25, 0.3) is 0 Å². The normalized spacial score (nSPS) is 18.0. The SMILES string of the molecule is CCS(=O)(=O)N1CCCC(c2n[nH]c(=S)n2CCc2ccc(OC)c(OC)c2)C1. The standard InChI is InChI=1S/C19H28N4O4S2/c1-4-29(24,25)22-10-5-6-15(13-22)18-20-21-19(28)23(18)11-9-14-7-8-16(26-2)17(12-14)27-3/h7-8,12,15H,4-6,9-11,13H2,1-3H3,(H,21,28). The van der Waals surface area contributed by atoms with Gasteiger partial charge < -0.3 is 14.0 Å². The Kier molecular flexibility index (Phi) is 6.97. The largest absolute Gasteiger partial charge is 0.493 e. The van der Waals surface area contributed by atoms with E-state index >= 15 is 0 Å². The van der Waals surface area contributed by atoms with Gasteiger partial charge in [-0.3, -0.25) is 5.10 Å². The molecule has 1 aliphatic heterocycles. The Morgan fingerprint density at radius 2 is 2.03 bits per heavy atom. The number of rotatable bonds is 8. The molecule has 1 saturated heterocycles. The van der Waals surface area contributed by atoms with Gasteiger partial charge in [-0.05, 0) is 56.1 Å². The van der Waals surface area contributed by atoms with E-state index in [4.69, 9.17) is 21.7 Å². The molecule has 3 rings (SSSR count).